The molecule has 0 aromatic heterocycles. The van der Waals surface area contributed by atoms with Crippen LogP contribution in [-0.2, 0) is 24.4 Å². The number of ether oxygens (including phenoxy) is 2. The maximum absolute atomic E-state index is 13.6. The van der Waals surface area contributed by atoms with Crippen LogP contribution in [-0.4, -0.2) is 65.6 Å². The van der Waals surface area contributed by atoms with Crippen LogP contribution in [0.1, 0.15) is 0 Å². The Bertz CT molecular complexity index is 772. The summed E-state index contributed by atoms with van der Waals surface area (Å²) in [6.45, 7) is 0. The van der Waals surface area contributed by atoms with Gasteiger partial charge in [-0.15, -0.1) is 0 Å². The molecule has 0 aromatic carbocycles. The summed E-state index contributed by atoms with van der Waals surface area (Å²) >= 11 is 0. The summed E-state index contributed by atoms with van der Waals surface area (Å²) < 4.78 is 210. The van der Waals surface area contributed by atoms with E-state index in [4.69, 9.17) is 9.66 Å². The maximum Gasteiger partial charge on any atom is 0.460 e. The van der Waals surface area contributed by atoms with Gasteiger partial charge in [-0.2, -0.15) is 69.9 Å². The molecule has 2 atom stereocenters. The van der Waals surface area contributed by atoms with Gasteiger partial charge >= 0.3 is 57.6 Å². The molecule has 0 saturated heterocycles. The zero-order chi connectivity index (χ0) is 25.0. The smallest absolute Gasteiger partial charge is 0.460 e. The summed E-state index contributed by atoms with van der Waals surface area (Å²) in [7, 11) is -7.57. The Morgan fingerprint density at radius 3 is 1.27 bits per heavy atom. The highest BCUT2D eigenvalue weighted by atomic mass is 32.2. The number of hydrogen-bond acceptors (Lipinski definition) is 5. The standard InChI is InChI=1S/C8H2F14O7S/c9-2(1(23)24,4(11,12)13)28-6(17,18)3(10,5(14,15)16)29-7(19,20)8(21,22)30(25,26)27/h(H,23,24)(H,25,26,27). The summed E-state index contributed by atoms with van der Waals surface area (Å²) in [5.74, 6) is -19.2. The lowest BCUT2D eigenvalue weighted by molar-refractivity contribution is -0.534. The van der Waals surface area contributed by atoms with Crippen LogP contribution in [0.4, 0.5) is 61.5 Å². The van der Waals surface area contributed by atoms with Crippen LogP contribution in [0.5, 0.6) is 0 Å². The Balaban J connectivity index is 6.70. The molecule has 0 rings (SSSR count). The van der Waals surface area contributed by atoms with Gasteiger partial charge < -0.3 is 5.11 Å². The number of carboxylic acids is 1. The van der Waals surface area contributed by atoms with Crippen molar-refractivity contribution in [3.63, 3.8) is 0 Å². The zero-order valence-corrected chi connectivity index (χ0v) is 13.5. The van der Waals surface area contributed by atoms with Gasteiger partial charge in [0, 0.05) is 0 Å². The number of alkyl halides is 14. The second-order valence-electron chi connectivity index (χ2n) is 4.72. The third-order valence-corrected chi connectivity index (χ3v) is 3.46. The second kappa shape index (κ2) is 7.19. The van der Waals surface area contributed by atoms with E-state index in [-0.39, 0.29) is 0 Å². The minimum absolute atomic E-state index is 1.37. The van der Waals surface area contributed by atoms with Gasteiger partial charge in [0.2, 0.25) is 0 Å². The SMILES string of the molecule is O=C(O)C(F)(OC(F)(F)C(F)(OC(F)(F)C(F)(F)S(=O)(=O)O)C(F)(F)F)C(F)(F)F. The third kappa shape index (κ3) is 4.49. The lowest BCUT2D eigenvalue weighted by Crippen LogP contribution is -2.67. The molecule has 7 nitrogen and oxygen atoms in total. The summed E-state index contributed by atoms with van der Waals surface area (Å²) in [4.78, 5) is 10.1. The van der Waals surface area contributed by atoms with Crippen LogP contribution < -0.4 is 0 Å². The molecule has 0 heterocycles. The van der Waals surface area contributed by atoms with Crippen molar-refractivity contribution in [2.24, 2.45) is 0 Å². The van der Waals surface area contributed by atoms with Crippen molar-refractivity contribution in [2.45, 2.75) is 41.5 Å². The molecule has 0 radical (unpaired) electrons. The molecule has 2 unspecified atom stereocenters. The molecule has 180 valence electrons. The first-order valence-corrected chi connectivity index (χ1v) is 7.30. The first-order valence-electron chi connectivity index (χ1n) is 5.86. The summed E-state index contributed by atoms with van der Waals surface area (Å²) in [5.41, 5.74) is 0. The van der Waals surface area contributed by atoms with Gasteiger partial charge in [-0.25, -0.2) is 4.79 Å². The van der Waals surface area contributed by atoms with Crippen molar-refractivity contribution in [1.29, 1.82) is 0 Å². The van der Waals surface area contributed by atoms with E-state index in [1.54, 1.807) is 4.74 Å². The highest BCUT2D eigenvalue weighted by Gasteiger charge is 2.84. The monoisotopic (exact) mass is 508 g/mol. The van der Waals surface area contributed by atoms with E-state index in [1.165, 1.54) is 4.74 Å². The van der Waals surface area contributed by atoms with Crippen molar-refractivity contribution in [1.82, 2.24) is 0 Å². The minimum atomic E-state index is -7.96. The highest BCUT2D eigenvalue weighted by molar-refractivity contribution is 7.86. The number of carbonyl (C=O) groups is 1. The Morgan fingerprint density at radius 2 is 1.03 bits per heavy atom. The molecule has 0 aliphatic carbocycles. The summed E-state index contributed by atoms with van der Waals surface area (Å²) in [5, 5.41) is 0.531. The number of aliphatic carboxylic acids is 1. The van der Waals surface area contributed by atoms with Crippen LogP contribution in [0, 0.1) is 0 Å². The van der Waals surface area contributed by atoms with E-state index >= 15 is 0 Å². The number of hydrogen-bond donors (Lipinski definition) is 2. The second-order valence-corrected chi connectivity index (χ2v) is 6.18. The lowest BCUT2D eigenvalue weighted by Gasteiger charge is -2.38. The summed E-state index contributed by atoms with van der Waals surface area (Å²) in [6, 6.07) is 0. The molecule has 30 heavy (non-hydrogen) atoms. The van der Waals surface area contributed by atoms with Gasteiger partial charge in [-0.3, -0.25) is 14.0 Å². The van der Waals surface area contributed by atoms with Gasteiger partial charge in [0.15, 0.2) is 0 Å². The fourth-order valence-electron chi connectivity index (χ4n) is 1.13. The predicted octanol–water partition coefficient (Wildman–Crippen LogP) is 3.23. The van der Waals surface area contributed by atoms with E-state index in [0.717, 1.165) is 0 Å². The molecule has 0 saturated carbocycles. The molecule has 0 bridgehead atoms. The number of halogens is 14. The van der Waals surface area contributed by atoms with Gasteiger partial charge in [0.05, 0.1) is 0 Å². The van der Waals surface area contributed by atoms with E-state index < -0.39 is 57.6 Å². The highest BCUT2D eigenvalue weighted by Crippen LogP contribution is 2.54. The van der Waals surface area contributed by atoms with Crippen molar-refractivity contribution >= 4 is 16.1 Å². The van der Waals surface area contributed by atoms with Crippen LogP contribution in [0.2, 0.25) is 0 Å². The molecule has 0 amide bonds. The normalized spacial score (nSPS) is 19.2. The average molecular weight is 508 g/mol. The molecular weight excluding hydrogens is 506 g/mol. The quantitative estimate of drug-likeness (QED) is 0.383. The molecule has 22 heteroatoms. The van der Waals surface area contributed by atoms with Gasteiger partial charge in [0.1, 0.15) is 0 Å². The molecule has 2 N–H and O–H groups in total. The van der Waals surface area contributed by atoms with E-state index in [0.29, 0.717) is 0 Å². The molecule has 0 aliphatic rings. The number of rotatable bonds is 8. The minimum Gasteiger partial charge on any atom is -0.477 e. The van der Waals surface area contributed by atoms with Crippen LogP contribution in [0.15, 0.2) is 0 Å². The maximum atomic E-state index is 13.6. The summed E-state index contributed by atoms with van der Waals surface area (Å²) in [6.07, 6.45) is -30.6. The molecule has 0 fully saturated rings. The fraction of sp³-hybridized carbons (Fsp3) is 0.875. The third-order valence-electron chi connectivity index (χ3n) is 2.58. The van der Waals surface area contributed by atoms with E-state index in [1.807, 2.05) is 0 Å². The topological polar surface area (TPSA) is 110 Å². The molecule has 0 spiro atoms. The largest absolute Gasteiger partial charge is 0.477 e. The van der Waals surface area contributed by atoms with Crippen LogP contribution in [0.25, 0.3) is 0 Å². The molecule has 0 aliphatic heterocycles. The Kier molecular flexibility index (Phi) is 6.78. The Morgan fingerprint density at radius 1 is 0.667 bits per heavy atom. The van der Waals surface area contributed by atoms with Gasteiger partial charge in [-0.1, -0.05) is 0 Å². The average Bonchev–Trinajstić information content (AvgIpc) is 2.41. The van der Waals surface area contributed by atoms with Crippen LogP contribution in [0.3, 0.4) is 0 Å². The predicted molar refractivity (Wildman–Crippen MR) is 56.0 cm³/mol. The Hall–Kier alpha value is -1.68. The van der Waals surface area contributed by atoms with E-state index in [2.05, 4.69) is 0 Å². The first-order chi connectivity index (χ1) is 12.6. The van der Waals surface area contributed by atoms with Gasteiger partial charge in [0.25, 0.3) is 0 Å². The molecule has 0 aromatic rings. The van der Waals surface area contributed by atoms with Gasteiger partial charge in [-0.05, 0) is 0 Å². The number of carboxylic acid groups (broad SMARTS) is 1. The molecular formula is C8H2F14O7S. The van der Waals surface area contributed by atoms with Crippen molar-refractivity contribution < 1.29 is 93.8 Å². The van der Waals surface area contributed by atoms with Crippen molar-refractivity contribution in [3.8, 4) is 0 Å². The van der Waals surface area contributed by atoms with Crippen LogP contribution >= 0.6 is 0 Å². The van der Waals surface area contributed by atoms with Crippen molar-refractivity contribution in [2.75, 3.05) is 0 Å². The zero-order valence-electron chi connectivity index (χ0n) is 12.6. The van der Waals surface area contributed by atoms with E-state index in [9.17, 15) is 74.7 Å². The first kappa shape index (κ1) is 28.3. The van der Waals surface area contributed by atoms with Crippen molar-refractivity contribution in [3.05, 3.63) is 0 Å². The fourth-order valence-corrected chi connectivity index (χ4v) is 1.48. The Labute approximate surface area is 152 Å². The lowest BCUT2D eigenvalue weighted by atomic mass is 10.2.